The van der Waals surface area contributed by atoms with Gasteiger partial charge in [-0.15, -0.1) is 0 Å². The summed E-state index contributed by atoms with van der Waals surface area (Å²) >= 11 is 0. The van der Waals surface area contributed by atoms with E-state index in [9.17, 15) is 4.79 Å². The summed E-state index contributed by atoms with van der Waals surface area (Å²) in [6, 6.07) is 0. The van der Waals surface area contributed by atoms with Crippen molar-refractivity contribution in [3.05, 3.63) is 11.6 Å². The Balaban J connectivity index is 3.44. The summed E-state index contributed by atoms with van der Waals surface area (Å²) < 4.78 is 0. The smallest absolute Gasteiger partial charge is 0.145 e. The lowest BCUT2D eigenvalue weighted by atomic mass is 10.0. The third-order valence-electron chi connectivity index (χ3n) is 2.50. The zero-order valence-corrected chi connectivity index (χ0v) is 9.88. The van der Waals surface area contributed by atoms with E-state index in [0.29, 0.717) is 5.92 Å². The van der Waals surface area contributed by atoms with Gasteiger partial charge in [0.15, 0.2) is 0 Å². The van der Waals surface area contributed by atoms with Gasteiger partial charge in [0.2, 0.25) is 0 Å². The molecule has 0 aromatic rings. The van der Waals surface area contributed by atoms with E-state index in [1.54, 1.807) is 0 Å². The van der Waals surface area contributed by atoms with Crippen molar-refractivity contribution in [3.8, 4) is 0 Å². The number of carbonyl (C=O) groups excluding carboxylic acids is 1. The molecule has 0 aromatic carbocycles. The van der Waals surface area contributed by atoms with E-state index in [1.807, 2.05) is 6.92 Å². The van der Waals surface area contributed by atoms with Crippen molar-refractivity contribution in [2.24, 2.45) is 5.92 Å². The summed E-state index contributed by atoms with van der Waals surface area (Å²) in [5, 5.41) is 0. The summed E-state index contributed by atoms with van der Waals surface area (Å²) in [4.78, 5) is 10.4. The van der Waals surface area contributed by atoms with Gasteiger partial charge < -0.3 is 0 Å². The van der Waals surface area contributed by atoms with Crippen LogP contribution in [0.15, 0.2) is 11.6 Å². The highest BCUT2D eigenvalue weighted by Crippen LogP contribution is 2.13. The number of carbonyl (C=O) groups is 1. The highest BCUT2D eigenvalue weighted by Gasteiger charge is 1.98. The van der Waals surface area contributed by atoms with Crippen molar-refractivity contribution in [2.75, 3.05) is 0 Å². The lowest BCUT2D eigenvalue weighted by Crippen LogP contribution is -1.92. The summed E-state index contributed by atoms with van der Waals surface area (Å²) in [5.74, 6) is 0.557. The maximum absolute atomic E-state index is 10.4. The van der Waals surface area contributed by atoms with Crippen LogP contribution in [0.1, 0.15) is 59.3 Å². The van der Waals surface area contributed by atoms with Crippen LogP contribution in [0.2, 0.25) is 0 Å². The average molecular weight is 196 g/mol. The molecule has 82 valence electrons. The van der Waals surface area contributed by atoms with Gasteiger partial charge in [-0.1, -0.05) is 52.0 Å². The van der Waals surface area contributed by atoms with Gasteiger partial charge in [0.05, 0.1) is 0 Å². The fraction of sp³-hybridized carbons (Fsp3) is 0.769. The molecule has 14 heavy (non-hydrogen) atoms. The van der Waals surface area contributed by atoms with E-state index in [-0.39, 0.29) is 0 Å². The molecule has 1 heteroatoms. The summed E-state index contributed by atoms with van der Waals surface area (Å²) in [7, 11) is 0. The van der Waals surface area contributed by atoms with Gasteiger partial charge in [-0.2, -0.15) is 0 Å². The van der Waals surface area contributed by atoms with Crippen molar-refractivity contribution in [1.82, 2.24) is 0 Å². The highest BCUT2D eigenvalue weighted by molar-refractivity contribution is 5.72. The molecule has 0 aromatic heterocycles. The number of unbranched alkanes of at least 4 members (excludes halogenated alkanes) is 4. The van der Waals surface area contributed by atoms with Gasteiger partial charge in [0, 0.05) is 0 Å². The minimum absolute atomic E-state index is 0.557. The first-order valence-corrected chi connectivity index (χ1v) is 5.84. The molecular weight excluding hydrogens is 172 g/mol. The van der Waals surface area contributed by atoms with E-state index in [1.165, 1.54) is 38.5 Å². The normalized spacial score (nSPS) is 14.1. The summed E-state index contributed by atoms with van der Waals surface area (Å²) in [6.07, 6.45) is 10.9. The molecule has 0 unspecified atom stereocenters. The van der Waals surface area contributed by atoms with E-state index in [0.717, 1.165) is 11.9 Å². The number of aldehydes is 1. The molecule has 0 aliphatic rings. The Kier molecular flexibility index (Phi) is 8.61. The summed E-state index contributed by atoms with van der Waals surface area (Å²) in [6.45, 7) is 6.30. The van der Waals surface area contributed by atoms with Gasteiger partial charge in [0.25, 0.3) is 0 Å². The second kappa shape index (κ2) is 8.98. The van der Waals surface area contributed by atoms with E-state index < -0.39 is 0 Å². The highest BCUT2D eigenvalue weighted by atomic mass is 16.1. The molecule has 0 saturated heterocycles. The van der Waals surface area contributed by atoms with Gasteiger partial charge in [-0.25, -0.2) is 0 Å². The SMILES string of the molecule is CCCCCCC[C@H](C)/C=C(\C)C=O. The molecule has 0 radical (unpaired) electrons. The number of rotatable bonds is 8. The molecule has 0 rings (SSSR count). The van der Waals surface area contributed by atoms with Crippen molar-refractivity contribution < 1.29 is 4.79 Å². The van der Waals surface area contributed by atoms with Crippen LogP contribution in [0.4, 0.5) is 0 Å². The first-order valence-electron chi connectivity index (χ1n) is 5.84. The Labute approximate surface area is 88.6 Å². The van der Waals surface area contributed by atoms with Crippen molar-refractivity contribution in [1.29, 1.82) is 0 Å². The molecule has 0 bridgehead atoms. The number of hydrogen-bond acceptors (Lipinski definition) is 1. The topological polar surface area (TPSA) is 17.1 Å². The van der Waals surface area contributed by atoms with Crippen LogP contribution in [-0.4, -0.2) is 6.29 Å². The van der Waals surface area contributed by atoms with Crippen LogP contribution >= 0.6 is 0 Å². The fourth-order valence-corrected chi connectivity index (χ4v) is 1.64. The van der Waals surface area contributed by atoms with Gasteiger partial charge in [0.1, 0.15) is 6.29 Å². The lowest BCUT2D eigenvalue weighted by molar-refractivity contribution is -0.104. The Bertz CT molecular complexity index is 170. The van der Waals surface area contributed by atoms with Crippen LogP contribution < -0.4 is 0 Å². The second-order valence-corrected chi connectivity index (χ2v) is 4.21. The molecular formula is C13H24O. The minimum Gasteiger partial charge on any atom is -0.298 e. The second-order valence-electron chi connectivity index (χ2n) is 4.21. The van der Waals surface area contributed by atoms with E-state index in [2.05, 4.69) is 19.9 Å². The van der Waals surface area contributed by atoms with Crippen LogP contribution in [0.25, 0.3) is 0 Å². The van der Waals surface area contributed by atoms with Gasteiger partial charge >= 0.3 is 0 Å². The molecule has 0 amide bonds. The van der Waals surface area contributed by atoms with Gasteiger partial charge in [-0.05, 0) is 24.8 Å². The predicted octanol–water partition coefficient (Wildman–Crippen LogP) is 4.13. The zero-order valence-electron chi connectivity index (χ0n) is 9.88. The maximum atomic E-state index is 10.4. The zero-order chi connectivity index (χ0) is 10.8. The first kappa shape index (κ1) is 13.4. The average Bonchev–Trinajstić information content (AvgIpc) is 2.17. The third-order valence-corrected chi connectivity index (χ3v) is 2.50. The minimum atomic E-state index is 0.557. The quantitative estimate of drug-likeness (QED) is 0.324. The molecule has 0 aliphatic carbocycles. The van der Waals surface area contributed by atoms with E-state index in [4.69, 9.17) is 0 Å². The third kappa shape index (κ3) is 8.03. The maximum Gasteiger partial charge on any atom is 0.145 e. The lowest BCUT2D eigenvalue weighted by Gasteiger charge is -2.06. The van der Waals surface area contributed by atoms with Crippen LogP contribution in [0.5, 0.6) is 0 Å². The largest absolute Gasteiger partial charge is 0.298 e. The van der Waals surface area contributed by atoms with Crippen molar-refractivity contribution in [3.63, 3.8) is 0 Å². The number of allylic oxidation sites excluding steroid dienone is 2. The Morgan fingerprint density at radius 2 is 1.86 bits per heavy atom. The number of hydrogen-bond donors (Lipinski definition) is 0. The molecule has 1 atom stereocenters. The molecule has 0 spiro atoms. The van der Waals surface area contributed by atoms with Gasteiger partial charge in [-0.3, -0.25) is 4.79 Å². The molecule has 0 fully saturated rings. The van der Waals surface area contributed by atoms with Crippen molar-refractivity contribution >= 4 is 6.29 Å². The Hall–Kier alpha value is -0.590. The molecule has 0 N–H and O–H groups in total. The Morgan fingerprint density at radius 1 is 1.21 bits per heavy atom. The van der Waals surface area contributed by atoms with Crippen LogP contribution in [0.3, 0.4) is 0 Å². The molecule has 0 saturated carbocycles. The molecule has 0 heterocycles. The molecule has 1 nitrogen and oxygen atoms in total. The first-order chi connectivity index (χ1) is 6.70. The van der Waals surface area contributed by atoms with Crippen LogP contribution in [-0.2, 0) is 4.79 Å². The van der Waals surface area contributed by atoms with Crippen LogP contribution in [0, 0.1) is 5.92 Å². The monoisotopic (exact) mass is 196 g/mol. The Morgan fingerprint density at radius 3 is 2.43 bits per heavy atom. The van der Waals surface area contributed by atoms with E-state index >= 15 is 0 Å². The van der Waals surface area contributed by atoms with Crippen molar-refractivity contribution in [2.45, 2.75) is 59.3 Å². The molecule has 0 aliphatic heterocycles. The predicted molar refractivity (Wildman–Crippen MR) is 62.4 cm³/mol. The standard InChI is InChI=1S/C13H24O/c1-4-5-6-7-8-9-12(2)10-13(3)11-14/h10-12H,4-9H2,1-3H3/b13-10+/t12-/m0/s1. The fourth-order valence-electron chi connectivity index (χ4n) is 1.64. The summed E-state index contributed by atoms with van der Waals surface area (Å²) in [5.41, 5.74) is 0.867.